The lowest BCUT2D eigenvalue weighted by Gasteiger charge is -2.38. The van der Waals surface area contributed by atoms with Gasteiger partial charge in [-0.1, -0.05) is 0 Å². The van der Waals surface area contributed by atoms with Gasteiger partial charge in [-0.25, -0.2) is 0 Å². The molecule has 3 rings (SSSR count). The molecule has 3 aliphatic rings. The molecule has 0 N–H and O–H groups in total. The molecule has 0 bridgehead atoms. The quantitative estimate of drug-likeness (QED) is 0.507. The summed E-state index contributed by atoms with van der Waals surface area (Å²) in [5.74, 6) is 0. The fourth-order valence-electron chi connectivity index (χ4n) is 2.47. The van der Waals surface area contributed by atoms with Crippen LogP contribution in [0.25, 0.3) is 0 Å². The molecular formula is C9H14O3. The van der Waals surface area contributed by atoms with Crippen LogP contribution in [0.1, 0.15) is 19.3 Å². The average Bonchev–Trinajstić information content (AvgIpc) is 2.84. The Bertz CT molecular complexity index is 186. The molecule has 0 radical (unpaired) electrons. The maximum atomic E-state index is 5.49. The summed E-state index contributed by atoms with van der Waals surface area (Å²) in [5.41, 5.74) is 0.302. The second-order valence-electron chi connectivity index (χ2n) is 4.27. The van der Waals surface area contributed by atoms with Crippen LogP contribution in [0.3, 0.4) is 0 Å². The lowest BCUT2D eigenvalue weighted by atomic mass is 9.75. The van der Waals surface area contributed by atoms with Gasteiger partial charge >= 0.3 is 0 Å². The van der Waals surface area contributed by atoms with E-state index in [1.165, 1.54) is 12.8 Å². The van der Waals surface area contributed by atoms with Gasteiger partial charge in [-0.05, 0) is 19.3 Å². The molecule has 3 fully saturated rings. The maximum absolute atomic E-state index is 5.49. The first-order valence-electron chi connectivity index (χ1n) is 4.69. The van der Waals surface area contributed by atoms with Gasteiger partial charge in [0.1, 0.15) is 6.79 Å². The van der Waals surface area contributed by atoms with Crippen LogP contribution in [-0.2, 0) is 14.2 Å². The molecule has 1 saturated carbocycles. The van der Waals surface area contributed by atoms with E-state index in [-0.39, 0.29) is 0 Å². The van der Waals surface area contributed by atoms with E-state index < -0.39 is 0 Å². The second-order valence-corrected chi connectivity index (χ2v) is 4.27. The molecule has 2 aliphatic heterocycles. The van der Waals surface area contributed by atoms with Gasteiger partial charge in [0.15, 0.2) is 0 Å². The van der Waals surface area contributed by atoms with Gasteiger partial charge in [0, 0.05) is 5.41 Å². The molecule has 1 aliphatic carbocycles. The molecule has 1 spiro atoms. The number of epoxide rings is 1. The molecule has 0 aromatic rings. The summed E-state index contributed by atoms with van der Waals surface area (Å²) in [6, 6.07) is 0. The Kier molecular flexibility index (Phi) is 1.48. The summed E-state index contributed by atoms with van der Waals surface area (Å²) in [7, 11) is 0. The van der Waals surface area contributed by atoms with Crippen molar-refractivity contribution in [3.63, 3.8) is 0 Å². The lowest BCUT2D eigenvalue weighted by Crippen LogP contribution is -2.41. The first kappa shape index (κ1) is 7.30. The van der Waals surface area contributed by atoms with Crippen molar-refractivity contribution in [1.82, 2.24) is 0 Å². The summed E-state index contributed by atoms with van der Waals surface area (Å²) in [6.45, 7) is 2.23. The van der Waals surface area contributed by atoms with Crippen molar-refractivity contribution in [2.75, 3.05) is 20.0 Å². The highest BCUT2D eigenvalue weighted by Crippen LogP contribution is 2.47. The Morgan fingerprint density at radius 1 is 1.08 bits per heavy atom. The van der Waals surface area contributed by atoms with E-state index in [9.17, 15) is 0 Å². The summed E-state index contributed by atoms with van der Waals surface area (Å²) < 4.78 is 16.2. The first-order valence-corrected chi connectivity index (χ1v) is 4.69. The first-order chi connectivity index (χ1) is 5.88. The minimum absolute atomic E-state index is 0.302. The fourth-order valence-corrected chi connectivity index (χ4v) is 2.47. The molecule has 2 saturated heterocycles. The maximum Gasteiger partial charge on any atom is 0.146 e. The van der Waals surface area contributed by atoms with Crippen molar-refractivity contribution < 1.29 is 14.2 Å². The number of rotatable bonds is 0. The van der Waals surface area contributed by atoms with Crippen LogP contribution in [0, 0.1) is 5.41 Å². The van der Waals surface area contributed by atoms with Crippen LogP contribution in [0.4, 0.5) is 0 Å². The van der Waals surface area contributed by atoms with Crippen molar-refractivity contribution in [2.24, 2.45) is 5.41 Å². The van der Waals surface area contributed by atoms with E-state index in [4.69, 9.17) is 14.2 Å². The molecule has 0 aromatic carbocycles. The molecule has 12 heavy (non-hydrogen) atoms. The molecule has 3 nitrogen and oxygen atoms in total. The molecular weight excluding hydrogens is 156 g/mol. The zero-order chi connectivity index (χ0) is 8.02. The highest BCUT2D eigenvalue weighted by Gasteiger charge is 2.51. The van der Waals surface area contributed by atoms with Crippen LogP contribution < -0.4 is 0 Å². The smallest absolute Gasteiger partial charge is 0.146 e. The van der Waals surface area contributed by atoms with Crippen LogP contribution in [0.5, 0.6) is 0 Å². The van der Waals surface area contributed by atoms with Gasteiger partial charge in [-0.2, -0.15) is 0 Å². The molecule has 3 heteroatoms. The summed E-state index contributed by atoms with van der Waals surface area (Å²) in [4.78, 5) is 0. The SMILES string of the molecule is C1OCC2(CCC3OC3C2)CO1. The minimum atomic E-state index is 0.302. The molecule has 2 atom stereocenters. The zero-order valence-corrected chi connectivity index (χ0v) is 7.12. The Labute approximate surface area is 72.0 Å². The van der Waals surface area contributed by atoms with Gasteiger partial charge in [0.2, 0.25) is 0 Å². The third-order valence-corrected chi connectivity index (χ3v) is 3.26. The predicted molar refractivity (Wildman–Crippen MR) is 41.7 cm³/mol. The Morgan fingerprint density at radius 3 is 2.67 bits per heavy atom. The largest absolute Gasteiger partial charge is 0.370 e. The van der Waals surface area contributed by atoms with Gasteiger partial charge in [0.05, 0.1) is 25.4 Å². The monoisotopic (exact) mass is 170 g/mol. The molecule has 2 heterocycles. The van der Waals surface area contributed by atoms with E-state index >= 15 is 0 Å². The van der Waals surface area contributed by atoms with Crippen molar-refractivity contribution in [1.29, 1.82) is 0 Å². The standard InChI is InChI=1S/C9H14O3/c1-2-9(3-8-7(1)12-8)4-10-6-11-5-9/h7-8H,1-6H2. The van der Waals surface area contributed by atoms with E-state index in [0.717, 1.165) is 19.6 Å². The number of fused-ring (bicyclic) bond motifs is 1. The van der Waals surface area contributed by atoms with Crippen LogP contribution in [0.2, 0.25) is 0 Å². The molecule has 68 valence electrons. The summed E-state index contributed by atoms with van der Waals surface area (Å²) in [6.07, 6.45) is 4.69. The highest BCUT2D eigenvalue weighted by atomic mass is 16.7. The summed E-state index contributed by atoms with van der Waals surface area (Å²) in [5, 5.41) is 0. The average molecular weight is 170 g/mol. The lowest BCUT2D eigenvalue weighted by molar-refractivity contribution is -0.171. The van der Waals surface area contributed by atoms with Crippen LogP contribution in [0.15, 0.2) is 0 Å². The Hall–Kier alpha value is -0.120. The second kappa shape index (κ2) is 2.44. The molecule has 2 unspecified atom stereocenters. The number of hydrogen-bond acceptors (Lipinski definition) is 3. The predicted octanol–water partition coefficient (Wildman–Crippen LogP) is 0.928. The normalized spacial score (nSPS) is 44.0. The van der Waals surface area contributed by atoms with Crippen molar-refractivity contribution in [3.05, 3.63) is 0 Å². The van der Waals surface area contributed by atoms with Gasteiger partial charge in [-0.15, -0.1) is 0 Å². The van der Waals surface area contributed by atoms with E-state index in [1.807, 2.05) is 0 Å². The topological polar surface area (TPSA) is 31.0 Å². The molecule has 0 aromatic heterocycles. The van der Waals surface area contributed by atoms with E-state index in [1.54, 1.807) is 0 Å². The van der Waals surface area contributed by atoms with Gasteiger partial charge in [-0.3, -0.25) is 0 Å². The van der Waals surface area contributed by atoms with E-state index in [2.05, 4.69) is 0 Å². The third kappa shape index (κ3) is 1.08. The van der Waals surface area contributed by atoms with Gasteiger partial charge in [0.25, 0.3) is 0 Å². The minimum Gasteiger partial charge on any atom is -0.370 e. The van der Waals surface area contributed by atoms with Crippen LogP contribution >= 0.6 is 0 Å². The van der Waals surface area contributed by atoms with Crippen molar-refractivity contribution in [2.45, 2.75) is 31.5 Å². The third-order valence-electron chi connectivity index (χ3n) is 3.26. The van der Waals surface area contributed by atoms with Crippen molar-refractivity contribution in [3.8, 4) is 0 Å². The summed E-state index contributed by atoms with van der Waals surface area (Å²) >= 11 is 0. The van der Waals surface area contributed by atoms with Crippen LogP contribution in [-0.4, -0.2) is 32.2 Å². The fraction of sp³-hybridized carbons (Fsp3) is 1.00. The van der Waals surface area contributed by atoms with Gasteiger partial charge < -0.3 is 14.2 Å². The highest BCUT2D eigenvalue weighted by molar-refractivity contribution is 4.99. The molecule has 0 amide bonds. The van der Waals surface area contributed by atoms with E-state index in [0.29, 0.717) is 24.4 Å². The van der Waals surface area contributed by atoms with Crippen molar-refractivity contribution >= 4 is 0 Å². The Balaban J connectivity index is 1.71. The number of hydrogen-bond donors (Lipinski definition) is 0. The zero-order valence-electron chi connectivity index (χ0n) is 7.12. The Morgan fingerprint density at radius 2 is 1.92 bits per heavy atom. The number of ether oxygens (including phenoxy) is 3.